The van der Waals surface area contributed by atoms with Crippen molar-refractivity contribution in [3.63, 3.8) is 0 Å². The maximum Gasteiger partial charge on any atom is 0.316 e. The topological polar surface area (TPSA) is 78.2 Å². The third-order valence-corrected chi connectivity index (χ3v) is 3.35. The van der Waals surface area contributed by atoms with Crippen LogP contribution in [0.1, 0.15) is 11.3 Å². The normalized spacial score (nSPS) is 12.9. The van der Waals surface area contributed by atoms with Crippen LogP contribution in [-0.4, -0.2) is 21.5 Å². The Morgan fingerprint density at radius 1 is 1.40 bits per heavy atom. The minimum absolute atomic E-state index is 0.000140. The number of benzene rings is 1. The minimum atomic E-state index is -0.481. The van der Waals surface area contributed by atoms with Gasteiger partial charge in [0.25, 0.3) is 0 Å². The number of rotatable bonds is 2. The van der Waals surface area contributed by atoms with Crippen molar-refractivity contribution in [1.82, 2.24) is 9.97 Å². The van der Waals surface area contributed by atoms with Crippen LogP contribution in [0.2, 0.25) is 5.28 Å². The molecule has 1 aromatic carbocycles. The van der Waals surface area contributed by atoms with Crippen LogP contribution in [0.5, 0.6) is 5.75 Å². The van der Waals surface area contributed by atoms with Crippen molar-refractivity contribution < 1.29 is 9.66 Å². The van der Waals surface area contributed by atoms with E-state index in [0.717, 1.165) is 17.7 Å². The fourth-order valence-electron chi connectivity index (χ4n) is 2.29. The Morgan fingerprint density at radius 3 is 2.95 bits per heavy atom. The summed E-state index contributed by atoms with van der Waals surface area (Å²) in [5.74, 6) is 0.813. The summed E-state index contributed by atoms with van der Waals surface area (Å²) in [6.07, 6.45) is 0.786. The number of aromatic nitrogens is 2. The van der Waals surface area contributed by atoms with E-state index in [1.54, 1.807) is 19.1 Å². The SMILES string of the molecule is Cc1nc(Cl)nc(-c2ccc3c(c2)CCO3)c1[N+](=O)[O-]. The molecule has 7 heteroatoms. The predicted octanol–water partition coefficient (Wildman–Crippen LogP) is 2.95. The molecule has 1 aromatic heterocycles. The molecule has 0 spiro atoms. The summed E-state index contributed by atoms with van der Waals surface area (Å²) in [5, 5.41) is 11.2. The van der Waals surface area contributed by atoms with Gasteiger partial charge in [0.1, 0.15) is 11.4 Å². The first-order valence-electron chi connectivity index (χ1n) is 6.01. The van der Waals surface area contributed by atoms with E-state index in [9.17, 15) is 10.1 Å². The van der Waals surface area contributed by atoms with E-state index in [2.05, 4.69) is 9.97 Å². The van der Waals surface area contributed by atoms with Crippen molar-refractivity contribution in [3.05, 3.63) is 44.9 Å². The Balaban J connectivity index is 2.21. The molecule has 0 saturated carbocycles. The van der Waals surface area contributed by atoms with Gasteiger partial charge in [0.15, 0.2) is 5.69 Å². The van der Waals surface area contributed by atoms with Gasteiger partial charge in [0.2, 0.25) is 5.28 Å². The van der Waals surface area contributed by atoms with Crippen LogP contribution in [0.25, 0.3) is 11.3 Å². The molecule has 2 aromatic rings. The Hall–Kier alpha value is -2.21. The molecule has 0 amide bonds. The molecule has 0 saturated heterocycles. The summed E-state index contributed by atoms with van der Waals surface area (Å²) in [6, 6.07) is 5.40. The van der Waals surface area contributed by atoms with Gasteiger partial charge in [0.05, 0.1) is 11.5 Å². The van der Waals surface area contributed by atoms with Crippen molar-refractivity contribution in [2.45, 2.75) is 13.3 Å². The molecule has 20 heavy (non-hydrogen) atoms. The Morgan fingerprint density at radius 2 is 2.20 bits per heavy atom. The van der Waals surface area contributed by atoms with E-state index in [4.69, 9.17) is 16.3 Å². The first-order chi connectivity index (χ1) is 9.56. The second kappa shape index (κ2) is 4.72. The van der Waals surface area contributed by atoms with Gasteiger partial charge in [-0.15, -0.1) is 0 Å². The molecule has 0 N–H and O–H groups in total. The lowest BCUT2D eigenvalue weighted by Crippen LogP contribution is -2.01. The van der Waals surface area contributed by atoms with Crippen LogP contribution in [0.15, 0.2) is 18.2 Å². The molecule has 0 bridgehead atoms. The van der Waals surface area contributed by atoms with Gasteiger partial charge in [-0.25, -0.2) is 9.97 Å². The molecule has 3 rings (SSSR count). The molecule has 1 aliphatic heterocycles. The molecule has 2 heterocycles. The standard InChI is InChI=1S/C13H10ClN3O3/c1-7-12(17(18)19)11(16-13(14)15-7)9-2-3-10-8(6-9)4-5-20-10/h2-3,6H,4-5H2,1H3. The summed E-state index contributed by atoms with van der Waals surface area (Å²) in [4.78, 5) is 18.6. The number of nitrogens with zero attached hydrogens (tertiary/aromatic N) is 3. The number of halogens is 1. The van der Waals surface area contributed by atoms with Crippen molar-refractivity contribution in [2.75, 3.05) is 6.61 Å². The molecule has 1 aliphatic rings. The van der Waals surface area contributed by atoms with Crippen molar-refractivity contribution >= 4 is 17.3 Å². The first kappa shape index (κ1) is 12.8. The van der Waals surface area contributed by atoms with Gasteiger partial charge in [-0.3, -0.25) is 10.1 Å². The Kier molecular flexibility index (Phi) is 3.02. The summed E-state index contributed by atoms with van der Waals surface area (Å²) >= 11 is 5.82. The highest BCUT2D eigenvalue weighted by molar-refractivity contribution is 6.28. The smallest absolute Gasteiger partial charge is 0.316 e. The van der Waals surface area contributed by atoms with E-state index < -0.39 is 4.92 Å². The lowest BCUT2D eigenvalue weighted by molar-refractivity contribution is -0.385. The minimum Gasteiger partial charge on any atom is -0.493 e. The van der Waals surface area contributed by atoms with Crippen LogP contribution in [-0.2, 0) is 6.42 Å². The van der Waals surface area contributed by atoms with Crippen molar-refractivity contribution in [3.8, 4) is 17.0 Å². The number of ether oxygens (including phenoxy) is 1. The molecule has 102 valence electrons. The Labute approximate surface area is 119 Å². The van der Waals surface area contributed by atoms with Gasteiger partial charge >= 0.3 is 5.69 Å². The van der Waals surface area contributed by atoms with Gasteiger partial charge in [0, 0.05) is 12.0 Å². The fraction of sp³-hybridized carbons (Fsp3) is 0.231. The van der Waals surface area contributed by atoms with Gasteiger partial charge in [-0.2, -0.15) is 0 Å². The number of nitro groups is 1. The third kappa shape index (κ3) is 2.08. The summed E-state index contributed by atoms with van der Waals surface area (Å²) < 4.78 is 5.42. The van der Waals surface area contributed by atoms with Crippen molar-refractivity contribution in [2.24, 2.45) is 0 Å². The number of hydrogen-bond acceptors (Lipinski definition) is 5. The highest BCUT2D eigenvalue weighted by Gasteiger charge is 2.24. The molecule has 6 nitrogen and oxygen atoms in total. The van der Waals surface area contributed by atoms with Gasteiger partial charge in [-0.1, -0.05) is 0 Å². The van der Waals surface area contributed by atoms with Crippen LogP contribution < -0.4 is 4.74 Å². The zero-order valence-electron chi connectivity index (χ0n) is 10.6. The fourth-order valence-corrected chi connectivity index (χ4v) is 2.50. The van der Waals surface area contributed by atoms with E-state index >= 15 is 0 Å². The largest absolute Gasteiger partial charge is 0.493 e. The number of aryl methyl sites for hydroxylation is 1. The molecular weight excluding hydrogens is 282 g/mol. The monoisotopic (exact) mass is 291 g/mol. The van der Waals surface area contributed by atoms with E-state index in [0.29, 0.717) is 12.2 Å². The lowest BCUT2D eigenvalue weighted by atomic mass is 10.0. The van der Waals surface area contributed by atoms with Crippen LogP contribution >= 0.6 is 11.6 Å². The van der Waals surface area contributed by atoms with E-state index in [1.165, 1.54) is 0 Å². The highest BCUT2D eigenvalue weighted by Crippen LogP contribution is 2.35. The average Bonchev–Trinajstić information content (AvgIpc) is 2.84. The molecule has 0 fully saturated rings. The maximum atomic E-state index is 11.2. The number of hydrogen-bond donors (Lipinski definition) is 0. The van der Waals surface area contributed by atoms with Crippen LogP contribution in [0.3, 0.4) is 0 Å². The van der Waals surface area contributed by atoms with Gasteiger partial charge < -0.3 is 4.74 Å². The van der Waals surface area contributed by atoms with E-state index in [1.807, 2.05) is 6.07 Å². The van der Waals surface area contributed by atoms with Crippen LogP contribution in [0.4, 0.5) is 5.69 Å². The Bertz CT molecular complexity index is 718. The third-order valence-electron chi connectivity index (χ3n) is 3.18. The maximum absolute atomic E-state index is 11.2. The first-order valence-corrected chi connectivity index (χ1v) is 6.38. The van der Waals surface area contributed by atoms with Gasteiger partial charge in [-0.05, 0) is 42.3 Å². The molecular formula is C13H10ClN3O3. The lowest BCUT2D eigenvalue weighted by Gasteiger charge is -2.06. The van der Waals surface area contributed by atoms with E-state index in [-0.39, 0.29) is 22.4 Å². The zero-order valence-corrected chi connectivity index (χ0v) is 11.3. The molecule has 0 aliphatic carbocycles. The number of fused-ring (bicyclic) bond motifs is 1. The summed E-state index contributed by atoms with van der Waals surface area (Å²) in [7, 11) is 0. The molecule has 0 atom stereocenters. The quantitative estimate of drug-likeness (QED) is 0.483. The second-order valence-corrected chi connectivity index (χ2v) is 4.79. The molecule has 0 unspecified atom stereocenters. The van der Waals surface area contributed by atoms with Crippen LogP contribution in [0, 0.1) is 17.0 Å². The molecule has 0 radical (unpaired) electrons. The average molecular weight is 292 g/mol. The zero-order chi connectivity index (χ0) is 14.3. The highest BCUT2D eigenvalue weighted by atomic mass is 35.5. The second-order valence-electron chi connectivity index (χ2n) is 4.45. The summed E-state index contributed by atoms with van der Waals surface area (Å²) in [5.41, 5.74) is 2.04. The summed E-state index contributed by atoms with van der Waals surface area (Å²) in [6.45, 7) is 2.18. The van der Waals surface area contributed by atoms with Crippen molar-refractivity contribution in [1.29, 1.82) is 0 Å². The predicted molar refractivity (Wildman–Crippen MR) is 73.1 cm³/mol.